The minimum Gasteiger partial charge on any atom is -0.478 e. The second-order valence-corrected chi connectivity index (χ2v) is 10.7. The molecule has 1 N–H and O–H groups in total. The maximum atomic E-state index is 14.3. The maximum Gasteiger partial charge on any atom is 1.00 e. The first-order chi connectivity index (χ1) is 21.5. The van der Waals surface area contributed by atoms with E-state index in [1.165, 1.54) is 31.0 Å². The second kappa shape index (κ2) is 19.6. The number of aromatic carboxylic acids is 1. The standard InChI is InChI=1S/C23H17F2N2O.C9H10O2.C5H10O.Rb/c1-15(2)10-17-8-9-18(12-21(17)25)22-4-3-5-23(27-22)28-14-19-7-6-16(13-26)11-20(19)24;1-6-3-4-8(9(10)11)5-7(6)2;1-2-5-3-4-6-5;/h3-7,9,11-12H,1,10,14H2,2H3;3-5H,1-2H3,(H,10,11);5H,2-4H2,1H3;/q-1;;;+1. The Morgan fingerprint density at radius 1 is 1.13 bits per heavy atom. The summed E-state index contributed by atoms with van der Waals surface area (Å²) in [4.78, 5) is 14.8. The minimum atomic E-state index is -0.867. The molecule has 1 fully saturated rings. The summed E-state index contributed by atoms with van der Waals surface area (Å²) in [7, 11) is 0. The number of pyridine rings is 1. The first kappa shape index (κ1) is 39.1. The summed E-state index contributed by atoms with van der Waals surface area (Å²) >= 11 is 0. The number of aryl methyl sites for hydroxylation is 2. The van der Waals surface area contributed by atoms with Crippen LogP contribution in [0.25, 0.3) is 11.3 Å². The van der Waals surface area contributed by atoms with Crippen molar-refractivity contribution in [3.63, 3.8) is 0 Å². The molecule has 1 aromatic heterocycles. The van der Waals surface area contributed by atoms with Gasteiger partial charge in [-0.3, -0.25) is 4.39 Å². The van der Waals surface area contributed by atoms with Gasteiger partial charge in [-0.25, -0.2) is 14.2 Å². The van der Waals surface area contributed by atoms with Gasteiger partial charge in [0.2, 0.25) is 5.88 Å². The van der Waals surface area contributed by atoms with Crippen molar-refractivity contribution < 1.29 is 86.3 Å². The van der Waals surface area contributed by atoms with Crippen molar-refractivity contribution >= 4 is 5.97 Å². The molecule has 1 aliphatic rings. The summed E-state index contributed by atoms with van der Waals surface area (Å²) < 4.78 is 38.9. The fourth-order valence-electron chi connectivity index (χ4n) is 4.11. The number of hydrogen-bond donors (Lipinski definition) is 1. The predicted molar refractivity (Wildman–Crippen MR) is 170 cm³/mol. The van der Waals surface area contributed by atoms with E-state index in [-0.39, 0.29) is 82.1 Å². The van der Waals surface area contributed by atoms with E-state index in [1.807, 2.05) is 32.9 Å². The van der Waals surface area contributed by atoms with Crippen LogP contribution >= 0.6 is 0 Å². The van der Waals surface area contributed by atoms with Gasteiger partial charge in [0.1, 0.15) is 12.4 Å². The number of halogens is 2. The van der Waals surface area contributed by atoms with Crippen molar-refractivity contribution in [2.45, 2.75) is 59.7 Å². The Balaban J connectivity index is 0.000000334. The molecule has 234 valence electrons. The number of rotatable bonds is 8. The smallest absolute Gasteiger partial charge is 0.478 e. The topological polar surface area (TPSA) is 92.4 Å². The number of nitriles is 1. The van der Waals surface area contributed by atoms with Gasteiger partial charge in [0, 0.05) is 29.7 Å². The number of hydrogen-bond acceptors (Lipinski definition) is 5. The minimum absolute atomic E-state index is 0. The van der Waals surface area contributed by atoms with Crippen molar-refractivity contribution in [3.8, 4) is 23.2 Å². The molecule has 9 heteroatoms. The largest absolute Gasteiger partial charge is 1.00 e. The average molecular weight is 697 g/mol. The van der Waals surface area contributed by atoms with Crippen molar-refractivity contribution in [1.82, 2.24) is 4.98 Å². The zero-order chi connectivity index (χ0) is 32.9. The number of carboxylic acids is 1. The normalized spacial score (nSPS) is 12.8. The number of carboxylic acid groups (broad SMARTS) is 1. The molecule has 2 heterocycles. The van der Waals surface area contributed by atoms with Crippen LogP contribution in [0.15, 0.2) is 78.9 Å². The van der Waals surface area contributed by atoms with Gasteiger partial charge in [0.25, 0.3) is 0 Å². The van der Waals surface area contributed by atoms with Crippen LogP contribution in [0.4, 0.5) is 8.78 Å². The quantitative estimate of drug-likeness (QED) is 0.191. The first-order valence-electron chi connectivity index (χ1n) is 14.6. The summed E-state index contributed by atoms with van der Waals surface area (Å²) in [5, 5.41) is 17.4. The van der Waals surface area contributed by atoms with Crippen molar-refractivity contribution in [2.75, 3.05) is 6.61 Å². The van der Waals surface area contributed by atoms with Gasteiger partial charge in [0.15, 0.2) is 0 Å². The third kappa shape index (κ3) is 12.3. The second-order valence-electron chi connectivity index (χ2n) is 10.7. The molecule has 1 unspecified atom stereocenters. The van der Waals surface area contributed by atoms with Crippen LogP contribution in [-0.4, -0.2) is 28.8 Å². The van der Waals surface area contributed by atoms with Crippen molar-refractivity contribution in [2.24, 2.45) is 0 Å². The van der Waals surface area contributed by atoms with Gasteiger partial charge in [0.05, 0.1) is 23.3 Å². The van der Waals surface area contributed by atoms with Crippen LogP contribution in [0, 0.1) is 42.9 Å². The Morgan fingerprint density at radius 2 is 1.87 bits per heavy atom. The van der Waals surface area contributed by atoms with E-state index < -0.39 is 11.8 Å². The third-order valence-electron chi connectivity index (χ3n) is 7.03. The molecule has 0 spiro atoms. The van der Waals surface area contributed by atoms with E-state index in [4.69, 9.17) is 19.8 Å². The summed E-state index contributed by atoms with van der Waals surface area (Å²) in [5.41, 5.74) is 5.46. The Hall–Kier alpha value is -3.06. The van der Waals surface area contributed by atoms with E-state index in [0.717, 1.165) is 29.4 Å². The molecule has 0 aliphatic carbocycles. The van der Waals surface area contributed by atoms with Crippen molar-refractivity contribution in [1.29, 1.82) is 5.26 Å². The van der Waals surface area contributed by atoms with Crippen LogP contribution in [0.1, 0.15) is 64.9 Å². The summed E-state index contributed by atoms with van der Waals surface area (Å²) in [5.74, 6) is -1.46. The SMILES string of the molecule is C=C(C)Cc1[c-]cc(-c2cccc(OCc3ccc(C#N)cc3F)n2)cc1F.CCC1CCO1.Cc1ccc(C(=O)O)cc1C.[Rb+]. The Kier molecular flexibility index (Phi) is 16.6. The van der Waals surface area contributed by atoms with Gasteiger partial charge in [-0.05, 0) is 81.5 Å². The van der Waals surface area contributed by atoms with Crippen LogP contribution in [0.3, 0.4) is 0 Å². The number of carbonyl (C=O) groups is 1. The number of benzene rings is 3. The van der Waals surface area contributed by atoms with E-state index in [0.29, 0.717) is 40.5 Å². The summed E-state index contributed by atoms with van der Waals surface area (Å²) in [6.07, 6.45) is 3.53. The molecule has 0 saturated carbocycles. The molecule has 3 aromatic carbocycles. The molecule has 1 saturated heterocycles. The van der Waals surface area contributed by atoms with Crippen LogP contribution < -0.4 is 62.9 Å². The Morgan fingerprint density at radius 3 is 2.39 bits per heavy atom. The molecular formula is C37H37F2N2O4Rb. The molecule has 6 nitrogen and oxygen atoms in total. The molecule has 5 rings (SSSR count). The molecule has 4 aromatic rings. The maximum absolute atomic E-state index is 14.3. The molecular weight excluding hydrogens is 660 g/mol. The molecule has 0 bridgehead atoms. The third-order valence-corrected chi connectivity index (χ3v) is 7.03. The fraction of sp³-hybridized carbons (Fsp3) is 0.270. The average Bonchev–Trinajstić information content (AvgIpc) is 2.99. The van der Waals surface area contributed by atoms with Crippen LogP contribution in [0.2, 0.25) is 0 Å². The van der Waals surface area contributed by atoms with E-state index >= 15 is 0 Å². The molecule has 1 aliphatic heterocycles. The van der Waals surface area contributed by atoms with Gasteiger partial charge in [-0.1, -0.05) is 37.3 Å². The zero-order valence-corrected chi connectivity index (χ0v) is 31.9. The Bertz CT molecular complexity index is 1680. The summed E-state index contributed by atoms with van der Waals surface area (Å²) in [6.45, 7) is 12.6. The molecule has 46 heavy (non-hydrogen) atoms. The van der Waals surface area contributed by atoms with Crippen LogP contribution in [-0.2, 0) is 17.8 Å². The van der Waals surface area contributed by atoms with E-state index in [2.05, 4.69) is 24.6 Å². The van der Waals surface area contributed by atoms with Gasteiger partial charge in [-0.2, -0.15) is 17.4 Å². The number of allylic oxidation sites excluding steroid dienone is 1. The molecule has 1 atom stereocenters. The monoisotopic (exact) mass is 696 g/mol. The fourth-order valence-corrected chi connectivity index (χ4v) is 4.11. The number of aromatic nitrogens is 1. The van der Waals surface area contributed by atoms with Gasteiger partial charge in [-0.15, -0.1) is 17.2 Å². The van der Waals surface area contributed by atoms with Gasteiger partial charge < -0.3 is 14.6 Å². The van der Waals surface area contributed by atoms with E-state index in [9.17, 15) is 13.6 Å². The number of nitrogens with zero attached hydrogens (tertiary/aromatic N) is 2. The zero-order valence-electron chi connectivity index (χ0n) is 27.0. The van der Waals surface area contributed by atoms with Crippen LogP contribution in [0.5, 0.6) is 5.88 Å². The van der Waals surface area contributed by atoms with Crippen molar-refractivity contribution in [3.05, 3.63) is 130 Å². The first-order valence-corrected chi connectivity index (χ1v) is 14.6. The number of ether oxygens (including phenoxy) is 2. The molecule has 0 radical (unpaired) electrons. The predicted octanol–water partition coefficient (Wildman–Crippen LogP) is 5.59. The molecule has 0 amide bonds. The summed E-state index contributed by atoms with van der Waals surface area (Å²) in [6, 6.07) is 22.3. The van der Waals surface area contributed by atoms with E-state index in [1.54, 1.807) is 36.4 Å². The van der Waals surface area contributed by atoms with Gasteiger partial charge >= 0.3 is 64.2 Å². The Labute approximate surface area is 318 Å².